The lowest BCUT2D eigenvalue weighted by Crippen LogP contribution is -2.61. The molecule has 2 aromatic carbocycles. The molecule has 31 heteroatoms. The van der Waals surface area contributed by atoms with Gasteiger partial charge < -0.3 is 96.0 Å². The molecular weight excluding hydrogens is 1070 g/mol. The number of aliphatic hydroxyl groups is 2. The fourth-order valence-electron chi connectivity index (χ4n) is 7.53. The Morgan fingerprint density at radius 1 is 0.568 bits per heavy atom. The second-order valence-electron chi connectivity index (χ2n) is 18.9. The average Bonchev–Trinajstić information content (AvgIpc) is 3.93. The minimum atomic E-state index is -2.10. The van der Waals surface area contributed by atoms with Gasteiger partial charge in [0.2, 0.25) is 53.2 Å². The fourth-order valence-corrected chi connectivity index (χ4v) is 7.53. The number of guanidine groups is 1. The number of primary amides is 1. The van der Waals surface area contributed by atoms with Gasteiger partial charge in [-0.15, -0.1) is 0 Å². The number of aromatic amines is 1. The summed E-state index contributed by atoms with van der Waals surface area (Å²) >= 11 is 0. The van der Waals surface area contributed by atoms with Crippen LogP contribution in [0.4, 0.5) is 0 Å². The van der Waals surface area contributed by atoms with Gasteiger partial charge in [-0.3, -0.25) is 52.9 Å². The van der Waals surface area contributed by atoms with Crippen molar-refractivity contribution in [2.75, 3.05) is 19.8 Å². The number of nitrogens with one attached hydrogen (secondary N) is 9. The number of imidazole rings is 1. The quantitative estimate of drug-likeness (QED) is 0.0148. The van der Waals surface area contributed by atoms with Crippen LogP contribution in [0.2, 0.25) is 0 Å². The lowest BCUT2D eigenvalue weighted by atomic mass is 10.0. The number of H-pyrrole nitrogens is 1. The molecule has 0 aliphatic carbocycles. The third-order valence-corrected chi connectivity index (χ3v) is 12.1. The number of benzene rings is 2. The molecule has 31 nitrogen and oxygen atoms in total. The summed E-state index contributed by atoms with van der Waals surface area (Å²) < 4.78 is 0. The van der Waals surface area contributed by atoms with E-state index < -0.39 is 152 Å². The third kappa shape index (κ3) is 23.3. The molecule has 0 saturated carbocycles. The molecule has 0 aliphatic rings. The minimum Gasteiger partial charge on any atom is -0.508 e. The first kappa shape index (κ1) is 66.1. The van der Waals surface area contributed by atoms with E-state index in [1.54, 1.807) is 44.2 Å². The van der Waals surface area contributed by atoms with Crippen LogP contribution in [0.25, 0.3) is 0 Å². The Bertz CT molecular complexity index is 2660. The number of carboxylic acid groups (broad SMARTS) is 2. The Balaban J connectivity index is 1.87. The van der Waals surface area contributed by atoms with Gasteiger partial charge in [0, 0.05) is 44.1 Å². The SMILES string of the molecule is CC(C)[C@H](N)C(=O)N[C@@H](CCCN=C(N)N)C(=O)N[C@@H](Cc1ccccc1)C(=O)N[C@@H](Cc1cnc[nH]1)C(=O)N[C@@H](CO)C(=O)N[C@@H](CC(=O)O)C(=O)N[C@@H](CCC(N)=O)C(=O)N[C@@H](CO)C(=O)N[C@@H](Cc1ccc(O)cc1)C(=O)O. The molecule has 3 rings (SSSR count). The van der Waals surface area contributed by atoms with Gasteiger partial charge in [-0.05, 0) is 48.4 Å². The number of aromatic nitrogens is 2. The molecule has 1 heterocycles. The Morgan fingerprint density at radius 3 is 1.51 bits per heavy atom. The van der Waals surface area contributed by atoms with E-state index in [9.17, 15) is 78.3 Å². The number of carbonyl (C=O) groups is 11. The summed E-state index contributed by atoms with van der Waals surface area (Å²) in [6.45, 7) is 1.16. The lowest BCUT2D eigenvalue weighted by molar-refractivity contribution is -0.142. The Kier molecular flexibility index (Phi) is 27.1. The zero-order valence-corrected chi connectivity index (χ0v) is 44.3. The number of aliphatic hydroxyl groups excluding tert-OH is 2. The van der Waals surface area contributed by atoms with Crippen molar-refractivity contribution >= 4 is 71.1 Å². The highest BCUT2D eigenvalue weighted by Crippen LogP contribution is 2.13. The number of phenolic OH excluding ortho intramolecular Hbond substituents is 1. The number of amides is 9. The normalized spacial score (nSPS) is 14.3. The molecule has 9 atom stereocenters. The standard InChI is InChI=1S/C50H71N15O16/c1-25(2)40(52)48(79)59-30(9-6-16-56-50(53)54)41(72)60-32(17-26-7-4-3-5-8-26)43(74)61-33(19-28-21-55-24-57-28)44(75)65-36(22-66)46(77)62-34(20-39(70)71)45(76)58-31(14-15-38(51)69)42(73)64-37(23-67)47(78)63-35(49(80)81)18-27-10-12-29(68)13-11-27/h3-5,7-8,10-13,21,24-25,30-37,40,66-68H,6,9,14-20,22-23,52H2,1-2H3,(H2,51,69)(H,55,57)(H,58,76)(H,59,79)(H,60,72)(H,61,74)(H,62,77)(H,63,78)(H,64,73)(H,65,75)(H,70,71)(H,80,81)(H4,53,54,56)/t30-,31-,32-,33-,34-,35-,36-,37-,40-/m0/s1. The van der Waals surface area contributed by atoms with Crippen LogP contribution in [0.5, 0.6) is 5.75 Å². The minimum absolute atomic E-state index is 0.0111. The van der Waals surface area contributed by atoms with Crippen molar-refractivity contribution in [2.45, 2.75) is 120 Å². The molecule has 3 aromatic rings. The monoisotopic (exact) mass is 1140 g/mol. The van der Waals surface area contributed by atoms with Gasteiger partial charge in [-0.2, -0.15) is 0 Å². The predicted molar refractivity (Wildman–Crippen MR) is 285 cm³/mol. The molecule has 1 aromatic heterocycles. The first-order valence-electron chi connectivity index (χ1n) is 25.3. The molecule has 0 aliphatic heterocycles. The first-order valence-corrected chi connectivity index (χ1v) is 25.3. The van der Waals surface area contributed by atoms with Crippen molar-refractivity contribution in [2.24, 2.45) is 33.8 Å². The topological polar surface area (TPSA) is 530 Å². The smallest absolute Gasteiger partial charge is 0.326 e. The van der Waals surface area contributed by atoms with Crippen LogP contribution in [0, 0.1) is 5.92 Å². The molecule has 0 radical (unpaired) electrons. The summed E-state index contributed by atoms with van der Waals surface area (Å²) in [6.07, 6.45) is -0.437. The Labute approximate surface area is 463 Å². The van der Waals surface area contributed by atoms with E-state index >= 15 is 0 Å². The second-order valence-corrected chi connectivity index (χ2v) is 18.9. The van der Waals surface area contributed by atoms with Crippen LogP contribution in [-0.4, -0.2) is 181 Å². The highest BCUT2D eigenvalue weighted by molar-refractivity contribution is 5.99. The maximum atomic E-state index is 14.4. The Hall–Kier alpha value is -9.23. The molecule has 0 fully saturated rings. The molecule has 0 bridgehead atoms. The van der Waals surface area contributed by atoms with E-state index in [4.69, 9.17) is 22.9 Å². The summed E-state index contributed by atoms with van der Waals surface area (Å²) in [5.74, 6) is -13.6. The number of nitrogens with zero attached hydrogens (tertiary/aromatic N) is 2. The maximum absolute atomic E-state index is 14.4. The zero-order chi connectivity index (χ0) is 60.3. The van der Waals surface area contributed by atoms with Crippen molar-refractivity contribution in [3.8, 4) is 5.75 Å². The summed E-state index contributed by atoms with van der Waals surface area (Å²) in [5.41, 5.74) is 23.4. The molecule has 0 unspecified atom stereocenters. The van der Waals surface area contributed by atoms with Crippen LogP contribution in [0.1, 0.15) is 62.8 Å². The van der Waals surface area contributed by atoms with Gasteiger partial charge in [0.15, 0.2) is 5.96 Å². The first-order chi connectivity index (χ1) is 38.3. The van der Waals surface area contributed by atoms with Gasteiger partial charge in [0.1, 0.15) is 54.1 Å². The second kappa shape index (κ2) is 33.3. The maximum Gasteiger partial charge on any atom is 0.326 e. The van der Waals surface area contributed by atoms with Gasteiger partial charge in [-0.25, -0.2) is 9.78 Å². The third-order valence-electron chi connectivity index (χ3n) is 12.1. The van der Waals surface area contributed by atoms with Gasteiger partial charge in [0.25, 0.3) is 0 Å². The van der Waals surface area contributed by atoms with Crippen LogP contribution in [-0.2, 0) is 72.0 Å². The summed E-state index contributed by atoms with van der Waals surface area (Å²) in [7, 11) is 0. The molecule has 442 valence electrons. The summed E-state index contributed by atoms with van der Waals surface area (Å²) in [4.78, 5) is 156. The number of phenols is 1. The van der Waals surface area contributed by atoms with E-state index in [2.05, 4.69) is 57.5 Å². The number of aromatic hydroxyl groups is 1. The van der Waals surface area contributed by atoms with Gasteiger partial charge in [-0.1, -0.05) is 56.3 Å². The molecule has 22 N–H and O–H groups in total. The fraction of sp³-hybridized carbons (Fsp3) is 0.460. The lowest BCUT2D eigenvalue weighted by Gasteiger charge is -2.27. The number of nitrogens with two attached hydrogens (primary N) is 4. The Morgan fingerprint density at radius 2 is 1.01 bits per heavy atom. The van der Waals surface area contributed by atoms with Crippen LogP contribution in [0.3, 0.4) is 0 Å². The molecule has 81 heavy (non-hydrogen) atoms. The number of hydrogen-bond acceptors (Lipinski definition) is 17. The number of carbonyl (C=O) groups excluding carboxylic acids is 9. The zero-order valence-electron chi connectivity index (χ0n) is 44.3. The van der Waals surface area contributed by atoms with Crippen molar-refractivity contribution in [3.05, 3.63) is 83.9 Å². The molecule has 9 amide bonds. The largest absolute Gasteiger partial charge is 0.508 e. The highest BCUT2D eigenvalue weighted by Gasteiger charge is 2.36. The molecular formula is C50H71N15O16. The van der Waals surface area contributed by atoms with Crippen molar-refractivity contribution in [1.82, 2.24) is 52.5 Å². The van der Waals surface area contributed by atoms with Crippen molar-refractivity contribution < 1.29 is 78.3 Å². The van der Waals surface area contributed by atoms with E-state index in [0.717, 1.165) is 0 Å². The number of hydrogen-bond donors (Lipinski definition) is 18. The number of carboxylic acids is 2. The average molecular weight is 1140 g/mol. The number of rotatable bonds is 35. The van der Waals surface area contributed by atoms with E-state index in [0.29, 0.717) is 11.1 Å². The van der Waals surface area contributed by atoms with Crippen molar-refractivity contribution in [3.63, 3.8) is 0 Å². The van der Waals surface area contributed by atoms with Crippen molar-refractivity contribution in [1.29, 1.82) is 0 Å². The van der Waals surface area contributed by atoms with E-state index in [-0.39, 0.29) is 62.0 Å². The molecule has 0 saturated heterocycles. The van der Waals surface area contributed by atoms with E-state index in [1.807, 2.05) is 0 Å². The summed E-state index contributed by atoms with van der Waals surface area (Å²) in [5, 5.41) is 68.1. The molecule has 0 spiro atoms. The van der Waals surface area contributed by atoms with E-state index in [1.165, 1.54) is 36.8 Å². The van der Waals surface area contributed by atoms with Crippen LogP contribution >= 0.6 is 0 Å². The number of aliphatic imine (C=N–C) groups is 1. The highest BCUT2D eigenvalue weighted by atomic mass is 16.4. The predicted octanol–water partition coefficient (Wildman–Crippen LogP) is -6.13. The summed E-state index contributed by atoms with van der Waals surface area (Å²) in [6, 6.07) is -1.05. The number of aliphatic carboxylic acids is 2. The van der Waals surface area contributed by atoms with Crippen LogP contribution < -0.4 is 65.5 Å². The van der Waals surface area contributed by atoms with Gasteiger partial charge in [0.05, 0.1) is 32.0 Å². The van der Waals surface area contributed by atoms with Gasteiger partial charge >= 0.3 is 11.9 Å². The van der Waals surface area contributed by atoms with Crippen LogP contribution in [0.15, 0.2) is 72.1 Å².